The van der Waals surface area contributed by atoms with E-state index in [0.29, 0.717) is 6.52 Å². The Balaban J connectivity index is 2.22. The van der Waals surface area contributed by atoms with E-state index in [1.54, 1.807) is 10.4 Å². The van der Waals surface area contributed by atoms with Gasteiger partial charge in [-0.1, -0.05) is 110 Å². The molecule has 1 atom stereocenters. The molecule has 2 aromatic carbocycles. The third-order valence-corrected chi connectivity index (χ3v) is 44.1. The molecule has 27 heavy (non-hydrogen) atoms. The fourth-order valence-corrected chi connectivity index (χ4v) is 40.1. The summed E-state index contributed by atoms with van der Waals surface area (Å²) in [6, 6.07) is 22.7. The zero-order valence-corrected chi connectivity index (χ0v) is 20.7. The van der Waals surface area contributed by atoms with E-state index in [9.17, 15) is 0 Å². The summed E-state index contributed by atoms with van der Waals surface area (Å²) >= 11 is 0. The normalized spacial score (nSPS) is 19.3. The Kier molecular flexibility index (Phi) is 5.88. The zero-order chi connectivity index (χ0) is 20.3. The highest BCUT2D eigenvalue weighted by atomic mass is 29.6. The van der Waals surface area contributed by atoms with Crippen LogP contribution in [0.5, 0.6) is 0 Å². The van der Waals surface area contributed by atoms with Crippen molar-refractivity contribution < 1.29 is 1.37 Å². The van der Waals surface area contributed by atoms with Gasteiger partial charge in [-0.25, -0.2) is 0 Å². The van der Waals surface area contributed by atoms with Crippen molar-refractivity contribution >= 4 is 32.7 Å². The Labute approximate surface area is 170 Å². The molecule has 146 valence electrons. The minimum absolute atomic E-state index is 0.672. The maximum atomic E-state index is 9.04. The van der Waals surface area contributed by atoms with E-state index in [1.807, 2.05) is 0 Å². The Morgan fingerprint density at radius 2 is 1.26 bits per heavy atom. The first-order chi connectivity index (χ1) is 13.3. The highest BCUT2D eigenvalue weighted by Gasteiger charge is 2.57. The molecule has 1 aliphatic heterocycles. The topological polar surface area (TPSA) is 3.24 Å². The van der Waals surface area contributed by atoms with Crippen LogP contribution in [0.4, 0.5) is 0 Å². The lowest BCUT2D eigenvalue weighted by Crippen LogP contribution is -2.84. The molecule has 0 bridgehead atoms. The summed E-state index contributed by atoms with van der Waals surface area (Å²) in [4.78, 5) is 2.76. The third-order valence-electron chi connectivity index (χ3n) is 7.04. The average molecular weight is 413 g/mol. The molecule has 0 N–H and O–H groups in total. The molecule has 1 heterocycles. The Morgan fingerprint density at radius 3 is 1.67 bits per heavy atom. The fourth-order valence-electron chi connectivity index (χ4n) is 4.91. The fraction of sp³-hybridized carbons (Fsp3) is 0.478. The van der Waals surface area contributed by atoms with Gasteiger partial charge in [0.1, 0.15) is 7.59 Å². The number of hydrogen-bond donors (Lipinski definition) is 0. The molecule has 0 unspecified atom stereocenters. The highest BCUT2D eigenvalue weighted by molar-refractivity contribution is 7.73. The zero-order valence-electron chi connectivity index (χ0n) is 18.7. The van der Waals surface area contributed by atoms with Crippen molar-refractivity contribution in [3.63, 3.8) is 0 Å². The van der Waals surface area contributed by atoms with Crippen molar-refractivity contribution in [2.75, 3.05) is 19.3 Å². The molecule has 0 radical (unpaired) electrons. The van der Waals surface area contributed by atoms with Gasteiger partial charge in [0.25, 0.3) is 0 Å². The van der Waals surface area contributed by atoms with Gasteiger partial charge in [-0.2, -0.15) is 0 Å². The molecule has 0 saturated carbocycles. The smallest absolute Gasteiger partial charge is 0.107 e. The van der Waals surface area contributed by atoms with Gasteiger partial charge < -0.3 is 4.90 Å². The molecular weight excluding hydrogens is 375 g/mol. The minimum atomic E-state index is -2.03. The maximum Gasteiger partial charge on any atom is 0.107 e. The minimum Gasteiger partial charge on any atom is -0.307 e. The predicted molar refractivity (Wildman–Crippen MR) is 129 cm³/mol. The molecular formula is C23H37NSi3. The lowest BCUT2D eigenvalue weighted by atomic mass is 10.1. The van der Waals surface area contributed by atoms with E-state index >= 15 is 0 Å². The molecule has 4 heteroatoms. The van der Waals surface area contributed by atoms with E-state index in [-0.39, 0.29) is 0 Å². The Bertz CT molecular complexity index is 702. The molecule has 0 spiro atoms. The van der Waals surface area contributed by atoms with Crippen LogP contribution in [0.25, 0.3) is 0 Å². The molecule has 0 aromatic heterocycles. The van der Waals surface area contributed by atoms with E-state index in [4.69, 9.17) is 1.37 Å². The largest absolute Gasteiger partial charge is 0.307 e. The number of benzene rings is 2. The number of likely N-dealkylation sites (tertiary alicyclic amines) is 1. The second kappa shape index (κ2) is 8.19. The molecule has 0 aliphatic carbocycles. The second-order valence-electron chi connectivity index (χ2n) is 9.53. The molecule has 1 nitrogen and oxygen atoms in total. The summed E-state index contributed by atoms with van der Waals surface area (Å²) in [5.74, 6) is 0. The monoisotopic (exact) mass is 412 g/mol. The predicted octanol–water partition coefficient (Wildman–Crippen LogP) is 4.48. The first kappa shape index (κ1) is 19.4. The van der Waals surface area contributed by atoms with Crippen LogP contribution in [0.1, 0.15) is 20.6 Å². The summed E-state index contributed by atoms with van der Waals surface area (Å²) in [5.41, 5.74) is 0. The van der Waals surface area contributed by atoms with Crippen molar-refractivity contribution in [1.29, 1.82) is 0 Å². The number of nitrogens with zero attached hydrogens (tertiary/aromatic N) is 1. The lowest BCUT2D eigenvalue weighted by molar-refractivity contribution is 0.261. The number of piperidine rings is 1. The van der Waals surface area contributed by atoms with Crippen molar-refractivity contribution in [2.45, 2.75) is 52.0 Å². The van der Waals surface area contributed by atoms with Crippen LogP contribution in [0, 0.1) is 0 Å². The molecule has 1 saturated heterocycles. The molecule has 0 amide bonds. The van der Waals surface area contributed by atoms with Gasteiger partial charge in [0.2, 0.25) is 0 Å². The van der Waals surface area contributed by atoms with Gasteiger partial charge >= 0.3 is 0 Å². The molecule has 1 aliphatic rings. The number of hydrogen-bond acceptors (Lipinski definition) is 1. The standard InChI is InChI=1S/C23H37NSi3/c1-25(2,3)26(4,21-24-19-13-8-14-20-24)27(5,22-15-9-6-10-16-22)23-17-11-7-12-18-23/h6-7,9-12,15-18H,8,13-14,19-21H2,1-5H3/t26-/m0/s1/i4D. The van der Waals surface area contributed by atoms with E-state index in [0.717, 1.165) is 0 Å². The van der Waals surface area contributed by atoms with Crippen LogP contribution >= 0.6 is 0 Å². The lowest BCUT2D eigenvalue weighted by Gasteiger charge is -2.53. The summed E-state index contributed by atoms with van der Waals surface area (Å²) in [7, 11) is -5.50. The van der Waals surface area contributed by atoms with Crippen molar-refractivity contribution in [2.24, 2.45) is 0 Å². The van der Waals surface area contributed by atoms with Crippen LogP contribution in [-0.2, 0) is 0 Å². The summed E-state index contributed by atoms with van der Waals surface area (Å²) in [6.45, 7) is 13.5. The highest BCUT2D eigenvalue weighted by Crippen LogP contribution is 2.31. The van der Waals surface area contributed by atoms with Crippen LogP contribution in [0.15, 0.2) is 60.7 Å². The quantitative estimate of drug-likeness (QED) is 0.632. The SMILES string of the molecule is [2H]C[Si@](CN1CCCCC1)([Si](C)(C)C)[Si](C)(c1ccccc1)c1ccccc1. The van der Waals surface area contributed by atoms with Gasteiger partial charge in [0.05, 0.1) is 7.11 Å². The Morgan fingerprint density at radius 1 is 0.778 bits per heavy atom. The van der Waals surface area contributed by atoms with Crippen molar-refractivity contribution in [3.05, 3.63) is 60.7 Å². The van der Waals surface area contributed by atoms with E-state index < -0.39 is 22.3 Å². The number of rotatable bonds is 6. The maximum absolute atomic E-state index is 9.04. The summed E-state index contributed by atoms with van der Waals surface area (Å²) < 4.78 is 9.04. The summed E-state index contributed by atoms with van der Waals surface area (Å²) in [6.07, 6.45) is 5.29. The van der Waals surface area contributed by atoms with Crippen LogP contribution < -0.4 is 10.4 Å². The second-order valence-corrected chi connectivity index (χ2v) is 34.7. The summed E-state index contributed by atoms with van der Waals surface area (Å²) in [5, 5.41) is 3.11. The molecule has 2 aromatic rings. The molecule has 3 rings (SSSR count). The van der Waals surface area contributed by atoms with Gasteiger partial charge in [0, 0.05) is 8.96 Å². The van der Waals surface area contributed by atoms with Gasteiger partial charge in [-0.15, -0.1) is 0 Å². The third kappa shape index (κ3) is 3.95. The molecule has 1 fully saturated rings. The van der Waals surface area contributed by atoms with Crippen molar-refractivity contribution in [1.82, 2.24) is 4.90 Å². The average Bonchev–Trinajstić information content (AvgIpc) is 2.72. The van der Waals surface area contributed by atoms with Crippen LogP contribution in [0.3, 0.4) is 0 Å². The first-order valence-electron chi connectivity index (χ1n) is 11.2. The van der Waals surface area contributed by atoms with Crippen LogP contribution in [0.2, 0.25) is 32.7 Å². The van der Waals surface area contributed by atoms with Gasteiger partial charge in [0.15, 0.2) is 0 Å². The van der Waals surface area contributed by atoms with Crippen molar-refractivity contribution in [3.8, 4) is 0 Å². The Hall–Kier alpha value is -0.949. The van der Waals surface area contributed by atoms with Crippen LogP contribution in [-0.4, -0.2) is 46.4 Å². The first-order valence-corrected chi connectivity index (χ1v) is 20.9. The van der Waals surface area contributed by atoms with Gasteiger partial charge in [-0.05, 0) is 32.1 Å². The van der Waals surface area contributed by atoms with E-state index in [2.05, 4.69) is 91.8 Å². The van der Waals surface area contributed by atoms with Gasteiger partial charge in [-0.3, -0.25) is 0 Å². The van der Waals surface area contributed by atoms with E-state index in [1.165, 1.54) is 38.5 Å².